The van der Waals surface area contributed by atoms with Crippen molar-refractivity contribution in [3.8, 4) is 0 Å². The Labute approximate surface area is 121 Å². The number of ether oxygens (including phenoxy) is 1. The monoisotopic (exact) mass is 275 g/mol. The number of rotatable bonds is 6. The van der Waals surface area contributed by atoms with Crippen molar-refractivity contribution in [3.05, 3.63) is 35.4 Å². The molecule has 0 spiro atoms. The Morgan fingerprint density at radius 3 is 2.75 bits per heavy atom. The predicted molar refractivity (Wildman–Crippen MR) is 80.7 cm³/mol. The number of carbonyl (C=O) groups is 1. The second-order valence-corrected chi connectivity index (χ2v) is 5.72. The second kappa shape index (κ2) is 7.44. The van der Waals surface area contributed by atoms with Crippen LogP contribution in [0.4, 0.5) is 0 Å². The van der Waals surface area contributed by atoms with Crippen molar-refractivity contribution in [1.82, 2.24) is 4.90 Å². The van der Waals surface area contributed by atoms with Crippen LogP contribution in [0, 0.1) is 5.92 Å². The van der Waals surface area contributed by atoms with Crippen LogP contribution in [-0.2, 0) is 11.3 Å². The zero-order chi connectivity index (χ0) is 14.4. The minimum absolute atomic E-state index is 0.266. The van der Waals surface area contributed by atoms with Crippen molar-refractivity contribution < 1.29 is 9.53 Å². The average molecular weight is 275 g/mol. The van der Waals surface area contributed by atoms with Gasteiger partial charge < -0.3 is 4.74 Å². The quantitative estimate of drug-likeness (QED) is 0.744. The number of methoxy groups -OCH3 is 1. The van der Waals surface area contributed by atoms with Gasteiger partial charge in [0.1, 0.15) is 0 Å². The standard InChI is InChI=1S/C17H25NO2/c1-3-4-5-14-10-11-18(12-14)13-15-6-8-16(9-7-15)17(19)20-2/h6-9,14H,3-5,10-13H2,1-2H3. The summed E-state index contributed by atoms with van der Waals surface area (Å²) in [4.78, 5) is 13.9. The van der Waals surface area contributed by atoms with Crippen molar-refractivity contribution in [2.24, 2.45) is 5.92 Å². The molecule has 1 aromatic carbocycles. The summed E-state index contributed by atoms with van der Waals surface area (Å²) in [6.45, 7) is 5.67. The third-order valence-electron chi connectivity index (χ3n) is 4.12. The van der Waals surface area contributed by atoms with Crippen LogP contribution >= 0.6 is 0 Å². The molecule has 0 radical (unpaired) electrons. The molecule has 1 heterocycles. The smallest absolute Gasteiger partial charge is 0.337 e. The fraction of sp³-hybridized carbons (Fsp3) is 0.588. The van der Waals surface area contributed by atoms with Crippen molar-refractivity contribution in [1.29, 1.82) is 0 Å². The molecule has 1 aliphatic rings. The van der Waals surface area contributed by atoms with E-state index in [0.29, 0.717) is 5.56 Å². The molecule has 0 aromatic heterocycles. The van der Waals surface area contributed by atoms with Crippen LogP contribution in [0.2, 0.25) is 0 Å². The first kappa shape index (κ1) is 15.0. The first-order valence-corrected chi connectivity index (χ1v) is 7.62. The summed E-state index contributed by atoms with van der Waals surface area (Å²) in [6.07, 6.45) is 5.35. The lowest BCUT2D eigenvalue weighted by Crippen LogP contribution is -2.20. The molecule has 1 aromatic rings. The summed E-state index contributed by atoms with van der Waals surface area (Å²) < 4.78 is 4.71. The van der Waals surface area contributed by atoms with Gasteiger partial charge in [0.25, 0.3) is 0 Å². The zero-order valence-electron chi connectivity index (χ0n) is 12.6. The van der Waals surface area contributed by atoms with E-state index in [0.717, 1.165) is 12.5 Å². The molecule has 3 nitrogen and oxygen atoms in total. The van der Waals surface area contributed by atoms with E-state index in [1.807, 2.05) is 24.3 Å². The largest absolute Gasteiger partial charge is 0.465 e. The molecule has 1 unspecified atom stereocenters. The molecule has 20 heavy (non-hydrogen) atoms. The van der Waals surface area contributed by atoms with Gasteiger partial charge in [0, 0.05) is 13.1 Å². The normalized spacial score (nSPS) is 19.2. The molecular formula is C17H25NO2. The molecule has 0 saturated carbocycles. The molecule has 110 valence electrons. The summed E-state index contributed by atoms with van der Waals surface area (Å²) in [5.41, 5.74) is 1.90. The summed E-state index contributed by atoms with van der Waals surface area (Å²) in [5, 5.41) is 0. The number of benzene rings is 1. The summed E-state index contributed by atoms with van der Waals surface area (Å²) in [7, 11) is 1.41. The molecule has 1 atom stereocenters. The second-order valence-electron chi connectivity index (χ2n) is 5.72. The lowest BCUT2D eigenvalue weighted by Gasteiger charge is -2.16. The van der Waals surface area contributed by atoms with Crippen molar-refractivity contribution >= 4 is 5.97 Å². The number of nitrogens with zero attached hydrogens (tertiary/aromatic N) is 1. The zero-order valence-corrected chi connectivity index (χ0v) is 12.6. The van der Waals surface area contributed by atoms with E-state index in [-0.39, 0.29) is 5.97 Å². The van der Waals surface area contributed by atoms with Gasteiger partial charge in [0.2, 0.25) is 0 Å². The molecule has 1 aliphatic heterocycles. The lowest BCUT2D eigenvalue weighted by molar-refractivity contribution is 0.0600. The highest BCUT2D eigenvalue weighted by molar-refractivity contribution is 5.89. The van der Waals surface area contributed by atoms with Gasteiger partial charge in [-0.05, 0) is 43.0 Å². The number of unbranched alkanes of at least 4 members (excludes halogenated alkanes) is 1. The molecule has 2 rings (SSSR count). The van der Waals surface area contributed by atoms with Crippen molar-refractivity contribution in [2.45, 2.75) is 39.2 Å². The van der Waals surface area contributed by atoms with Gasteiger partial charge >= 0.3 is 5.97 Å². The maximum Gasteiger partial charge on any atom is 0.337 e. The number of carbonyl (C=O) groups excluding carboxylic acids is 1. The van der Waals surface area contributed by atoms with Gasteiger partial charge in [0.05, 0.1) is 12.7 Å². The molecule has 1 saturated heterocycles. The van der Waals surface area contributed by atoms with Gasteiger partial charge in [-0.1, -0.05) is 31.9 Å². The molecule has 0 aliphatic carbocycles. The van der Waals surface area contributed by atoms with Crippen molar-refractivity contribution in [2.75, 3.05) is 20.2 Å². The Bertz CT molecular complexity index is 427. The number of likely N-dealkylation sites (tertiary alicyclic amines) is 1. The predicted octanol–water partition coefficient (Wildman–Crippen LogP) is 3.49. The molecule has 3 heteroatoms. The average Bonchev–Trinajstić information content (AvgIpc) is 2.92. The highest BCUT2D eigenvalue weighted by atomic mass is 16.5. The fourth-order valence-electron chi connectivity index (χ4n) is 2.91. The molecule has 0 amide bonds. The minimum Gasteiger partial charge on any atom is -0.465 e. The van der Waals surface area contributed by atoms with Crippen LogP contribution in [0.5, 0.6) is 0 Å². The van der Waals surface area contributed by atoms with E-state index in [9.17, 15) is 4.79 Å². The SMILES string of the molecule is CCCCC1CCN(Cc2ccc(C(=O)OC)cc2)C1. The molecular weight excluding hydrogens is 250 g/mol. The van der Waals surface area contributed by atoms with Gasteiger partial charge in [-0.2, -0.15) is 0 Å². The van der Waals surface area contributed by atoms with Crippen LogP contribution in [0.25, 0.3) is 0 Å². The van der Waals surface area contributed by atoms with E-state index in [4.69, 9.17) is 4.74 Å². The maximum absolute atomic E-state index is 11.4. The molecule has 0 bridgehead atoms. The van der Waals surface area contributed by atoms with Crippen LogP contribution in [-0.4, -0.2) is 31.1 Å². The molecule has 1 fully saturated rings. The van der Waals surface area contributed by atoms with E-state index < -0.39 is 0 Å². The Morgan fingerprint density at radius 1 is 1.35 bits per heavy atom. The lowest BCUT2D eigenvalue weighted by atomic mass is 10.0. The third kappa shape index (κ3) is 4.07. The summed E-state index contributed by atoms with van der Waals surface area (Å²) in [6, 6.07) is 7.77. The van der Waals surface area contributed by atoms with E-state index in [1.54, 1.807) is 0 Å². The van der Waals surface area contributed by atoms with Gasteiger partial charge in [0.15, 0.2) is 0 Å². The van der Waals surface area contributed by atoms with Crippen LogP contribution in [0.3, 0.4) is 0 Å². The Hall–Kier alpha value is -1.35. The first-order valence-electron chi connectivity index (χ1n) is 7.62. The minimum atomic E-state index is -0.266. The topological polar surface area (TPSA) is 29.5 Å². The van der Waals surface area contributed by atoms with Gasteiger partial charge in [-0.15, -0.1) is 0 Å². The Morgan fingerprint density at radius 2 is 2.10 bits per heavy atom. The van der Waals surface area contributed by atoms with Gasteiger partial charge in [-0.3, -0.25) is 4.90 Å². The maximum atomic E-state index is 11.4. The van der Waals surface area contributed by atoms with E-state index in [1.165, 1.54) is 51.4 Å². The third-order valence-corrected chi connectivity index (χ3v) is 4.12. The number of esters is 1. The first-order chi connectivity index (χ1) is 9.72. The van der Waals surface area contributed by atoms with Crippen LogP contribution in [0.1, 0.15) is 48.5 Å². The van der Waals surface area contributed by atoms with Gasteiger partial charge in [-0.25, -0.2) is 4.79 Å². The number of hydrogen-bond acceptors (Lipinski definition) is 3. The summed E-state index contributed by atoms with van der Waals surface area (Å²) >= 11 is 0. The Balaban J connectivity index is 1.83. The number of hydrogen-bond donors (Lipinski definition) is 0. The van der Waals surface area contributed by atoms with E-state index in [2.05, 4.69) is 11.8 Å². The van der Waals surface area contributed by atoms with Crippen molar-refractivity contribution in [3.63, 3.8) is 0 Å². The fourth-order valence-corrected chi connectivity index (χ4v) is 2.91. The van der Waals surface area contributed by atoms with Crippen LogP contribution in [0.15, 0.2) is 24.3 Å². The van der Waals surface area contributed by atoms with Crippen LogP contribution < -0.4 is 0 Å². The Kier molecular flexibility index (Phi) is 5.60. The molecule has 0 N–H and O–H groups in total. The highest BCUT2D eigenvalue weighted by Crippen LogP contribution is 2.23. The summed E-state index contributed by atoms with van der Waals surface area (Å²) in [5.74, 6) is 0.613. The van der Waals surface area contributed by atoms with E-state index >= 15 is 0 Å². The highest BCUT2D eigenvalue weighted by Gasteiger charge is 2.21.